The van der Waals surface area contributed by atoms with Crippen LogP contribution in [0.2, 0.25) is 0 Å². The third kappa shape index (κ3) is 2.96. The predicted octanol–water partition coefficient (Wildman–Crippen LogP) is 1.26. The lowest BCUT2D eigenvalue weighted by Crippen LogP contribution is -2.35. The Morgan fingerprint density at radius 3 is 2.52 bits per heavy atom. The number of fused-ring (bicyclic) bond motifs is 1. The Morgan fingerprint density at radius 2 is 1.78 bits per heavy atom. The Labute approximate surface area is 154 Å². The van der Waals surface area contributed by atoms with Gasteiger partial charge < -0.3 is 20.0 Å². The number of aromatic amines is 2. The Balaban J connectivity index is 1.63. The van der Waals surface area contributed by atoms with Crippen LogP contribution in [0.1, 0.15) is 27.9 Å². The molecule has 7 heteroatoms. The highest BCUT2D eigenvalue weighted by atomic mass is 16.3. The number of benzene rings is 2. The van der Waals surface area contributed by atoms with Gasteiger partial charge >= 0.3 is 11.1 Å². The van der Waals surface area contributed by atoms with Gasteiger partial charge in [-0.05, 0) is 42.7 Å². The fourth-order valence-corrected chi connectivity index (χ4v) is 3.71. The molecule has 3 aromatic rings. The molecule has 1 fully saturated rings. The number of hydrogen-bond donors (Lipinski definition) is 3. The van der Waals surface area contributed by atoms with Gasteiger partial charge in [0.1, 0.15) is 5.60 Å². The van der Waals surface area contributed by atoms with E-state index in [0.29, 0.717) is 29.6 Å². The third-order valence-electron chi connectivity index (χ3n) is 5.15. The highest BCUT2D eigenvalue weighted by Gasteiger charge is 2.40. The van der Waals surface area contributed by atoms with E-state index in [1.807, 2.05) is 31.2 Å². The molecule has 0 radical (unpaired) electrons. The van der Waals surface area contributed by atoms with Gasteiger partial charge in [0.05, 0.1) is 17.6 Å². The first-order chi connectivity index (χ1) is 12.9. The summed E-state index contributed by atoms with van der Waals surface area (Å²) in [6, 6.07) is 12.4. The molecule has 1 aromatic heterocycles. The van der Waals surface area contributed by atoms with Crippen molar-refractivity contribution in [3.05, 3.63) is 79.9 Å². The molecule has 1 atom stereocenters. The van der Waals surface area contributed by atoms with Gasteiger partial charge in [0, 0.05) is 12.1 Å². The molecule has 138 valence electrons. The fourth-order valence-electron chi connectivity index (χ4n) is 3.71. The number of aliphatic hydroxyl groups is 1. The van der Waals surface area contributed by atoms with E-state index in [4.69, 9.17) is 0 Å². The van der Waals surface area contributed by atoms with Crippen LogP contribution < -0.4 is 11.1 Å². The summed E-state index contributed by atoms with van der Waals surface area (Å²) in [7, 11) is 0. The molecule has 0 saturated carbocycles. The lowest BCUT2D eigenvalue weighted by Gasteiger charge is -2.25. The number of H-pyrrole nitrogens is 2. The van der Waals surface area contributed by atoms with Gasteiger partial charge in [0.25, 0.3) is 5.91 Å². The number of nitrogens with zero attached hydrogens (tertiary/aromatic N) is 1. The normalized spacial score (nSPS) is 19.6. The van der Waals surface area contributed by atoms with Gasteiger partial charge in [-0.3, -0.25) is 14.4 Å². The second kappa shape index (κ2) is 6.21. The van der Waals surface area contributed by atoms with Crippen molar-refractivity contribution in [1.29, 1.82) is 0 Å². The highest BCUT2D eigenvalue weighted by Crippen LogP contribution is 2.34. The van der Waals surface area contributed by atoms with E-state index >= 15 is 0 Å². The molecule has 27 heavy (non-hydrogen) atoms. The first-order valence-electron chi connectivity index (χ1n) is 8.71. The smallest absolute Gasteiger partial charge is 0.314 e. The standard InChI is InChI=1S/C20H19N3O4/c1-12-4-2-3-5-14(12)20(27)8-9-23(11-20)19(26)13-6-7-15-16(10-13)22-18(25)17(24)21-15/h2-7,10,27H,8-9,11H2,1H3,(H,21,24)(H,22,25). The number of nitrogens with one attached hydrogen (secondary N) is 2. The van der Waals surface area contributed by atoms with Crippen LogP contribution in [0, 0.1) is 6.92 Å². The first kappa shape index (κ1) is 17.2. The summed E-state index contributed by atoms with van der Waals surface area (Å²) in [5.41, 5.74) is 0.484. The minimum absolute atomic E-state index is 0.205. The van der Waals surface area contributed by atoms with Crippen molar-refractivity contribution in [2.24, 2.45) is 0 Å². The van der Waals surface area contributed by atoms with Gasteiger partial charge in [-0.2, -0.15) is 0 Å². The monoisotopic (exact) mass is 365 g/mol. The van der Waals surface area contributed by atoms with Crippen molar-refractivity contribution in [1.82, 2.24) is 14.9 Å². The quantitative estimate of drug-likeness (QED) is 0.594. The van der Waals surface area contributed by atoms with Crippen molar-refractivity contribution < 1.29 is 9.90 Å². The maximum absolute atomic E-state index is 12.9. The van der Waals surface area contributed by atoms with Crippen LogP contribution in [-0.4, -0.2) is 39.0 Å². The highest BCUT2D eigenvalue weighted by molar-refractivity contribution is 5.97. The van der Waals surface area contributed by atoms with E-state index in [-0.39, 0.29) is 12.5 Å². The lowest BCUT2D eigenvalue weighted by atomic mass is 9.89. The average molecular weight is 365 g/mol. The second-order valence-electron chi connectivity index (χ2n) is 6.99. The van der Waals surface area contributed by atoms with Crippen molar-refractivity contribution in [2.45, 2.75) is 18.9 Å². The second-order valence-corrected chi connectivity index (χ2v) is 6.99. The number of carbonyl (C=O) groups is 1. The number of likely N-dealkylation sites (tertiary alicyclic amines) is 1. The summed E-state index contributed by atoms with van der Waals surface area (Å²) in [6.45, 7) is 2.58. The summed E-state index contributed by atoms with van der Waals surface area (Å²) in [5, 5.41) is 11.1. The van der Waals surface area contributed by atoms with Crippen LogP contribution in [0.3, 0.4) is 0 Å². The first-order valence-corrected chi connectivity index (χ1v) is 8.71. The molecule has 0 spiro atoms. The van der Waals surface area contributed by atoms with Crippen molar-refractivity contribution in [3.63, 3.8) is 0 Å². The number of amides is 1. The zero-order valence-electron chi connectivity index (χ0n) is 14.8. The van der Waals surface area contributed by atoms with Crippen molar-refractivity contribution in [2.75, 3.05) is 13.1 Å². The molecule has 1 aliphatic heterocycles. The minimum Gasteiger partial charge on any atom is -0.383 e. The van der Waals surface area contributed by atoms with Crippen LogP contribution in [0.25, 0.3) is 11.0 Å². The largest absolute Gasteiger partial charge is 0.383 e. The van der Waals surface area contributed by atoms with Gasteiger partial charge in [0.2, 0.25) is 0 Å². The predicted molar refractivity (Wildman–Crippen MR) is 101 cm³/mol. The zero-order valence-corrected chi connectivity index (χ0v) is 14.8. The molecule has 4 rings (SSSR count). The number of rotatable bonds is 2. The van der Waals surface area contributed by atoms with Gasteiger partial charge in [-0.25, -0.2) is 0 Å². The topological polar surface area (TPSA) is 106 Å². The molecule has 3 N–H and O–H groups in total. The molecule has 0 bridgehead atoms. The Kier molecular flexibility index (Phi) is 3.96. The van der Waals surface area contributed by atoms with Crippen molar-refractivity contribution in [3.8, 4) is 0 Å². The molecule has 1 amide bonds. The number of β-amino-alcohol motifs (C(OH)–C–C–N with tert-alkyl or cyclic N) is 1. The molecule has 1 aliphatic rings. The molecular formula is C20H19N3O4. The van der Waals surface area contributed by atoms with Gasteiger partial charge in [0.15, 0.2) is 0 Å². The van der Waals surface area contributed by atoms with E-state index in [0.717, 1.165) is 11.1 Å². The Morgan fingerprint density at radius 1 is 1.07 bits per heavy atom. The van der Waals surface area contributed by atoms with E-state index in [9.17, 15) is 19.5 Å². The van der Waals surface area contributed by atoms with Crippen LogP contribution in [0.5, 0.6) is 0 Å². The third-order valence-corrected chi connectivity index (χ3v) is 5.15. The number of aromatic nitrogens is 2. The van der Waals surface area contributed by atoms with E-state index in [2.05, 4.69) is 9.97 Å². The number of aryl methyl sites for hydroxylation is 1. The molecule has 1 unspecified atom stereocenters. The molecule has 2 heterocycles. The number of hydrogen-bond acceptors (Lipinski definition) is 4. The summed E-state index contributed by atoms with van der Waals surface area (Å²) in [6.07, 6.45) is 0.460. The molecule has 0 aliphatic carbocycles. The van der Waals surface area contributed by atoms with Crippen LogP contribution >= 0.6 is 0 Å². The minimum atomic E-state index is -1.07. The summed E-state index contributed by atoms with van der Waals surface area (Å²) in [5.74, 6) is -0.228. The summed E-state index contributed by atoms with van der Waals surface area (Å²) >= 11 is 0. The van der Waals surface area contributed by atoms with Gasteiger partial charge in [-0.15, -0.1) is 0 Å². The average Bonchev–Trinajstić information content (AvgIpc) is 3.05. The van der Waals surface area contributed by atoms with Crippen molar-refractivity contribution >= 4 is 16.9 Å². The van der Waals surface area contributed by atoms with Crippen LogP contribution in [0.15, 0.2) is 52.1 Å². The zero-order chi connectivity index (χ0) is 19.2. The summed E-state index contributed by atoms with van der Waals surface area (Å²) in [4.78, 5) is 42.4. The van der Waals surface area contributed by atoms with E-state index in [1.165, 1.54) is 0 Å². The fraction of sp³-hybridized carbons (Fsp3) is 0.250. The Hall–Kier alpha value is -3.19. The van der Waals surface area contributed by atoms with E-state index in [1.54, 1.807) is 23.1 Å². The van der Waals surface area contributed by atoms with Crippen LogP contribution in [-0.2, 0) is 5.60 Å². The maximum Gasteiger partial charge on any atom is 0.314 e. The Bertz CT molecular complexity index is 1160. The molecular weight excluding hydrogens is 346 g/mol. The summed E-state index contributed by atoms with van der Waals surface area (Å²) < 4.78 is 0. The molecule has 2 aromatic carbocycles. The molecule has 1 saturated heterocycles. The van der Waals surface area contributed by atoms with Gasteiger partial charge in [-0.1, -0.05) is 24.3 Å². The SMILES string of the molecule is Cc1ccccc1C1(O)CCN(C(=O)c2ccc3[nH]c(=O)c(=O)[nH]c3c2)C1. The maximum atomic E-state index is 12.9. The molecule has 7 nitrogen and oxygen atoms in total. The van der Waals surface area contributed by atoms with E-state index < -0.39 is 16.7 Å². The van der Waals surface area contributed by atoms with Crippen LogP contribution in [0.4, 0.5) is 0 Å². The number of carbonyl (C=O) groups excluding carboxylic acids is 1. The lowest BCUT2D eigenvalue weighted by molar-refractivity contribution is 0.0412.